The van der Waals surface area contributed by atoms with E-state index in [0.717, 1.165) is 29.7 Å². The second kappa shape index (κ2) is 5.70. The van der Waals surface area contributed by atoms with Gasteiger partial charge in [0.15, 0.2) is 0 Å². The maximum absolute atomic E-state index is 12.0. The van der Waals surface area contributed by atoms with E-state index in [1.165, 1.54) is 11.1 Å². The van der Waals surface area contributed by atoms with Crippen molar-refractivity contribution in [3.8, 4) is 0 Å². The summed E-state index contributed by atoms with van der Waals surface area (Å²) < 4.78 is 0. The Labute approximate surface area is 125 Å². The zero-order valence-electron chi connectivity index (χ0n) is 12.4. The van der Waals surface area contributed by atoms with Gasteiger partial charge in [-0.15, -0.1) is 0 Å². The standard InChI is InChI=1S/C18H20N2O/c1-12-5-3-4-6-15(12)17(19-2)14-8-7-13-9-10-20-18(21)16(13)11-14/h3-8,11,17,19H,9-10H2,1-2H3,(H,20,21). The monoisotopic (exact) mass is 280 g/mol. The lowest BCUT2D eigenvalue weighted by Crippen LogP contribution is -2.32. The number of nitrogens with one attached hydrogen (secondary N) is 2. The number of amides is 1. The van der Waals surface area contributed by atoms with Crippen LogP contribution in [-0.2, 0) is 6.42 Å². The van der Waals surface area contributed by atoms with Crippen molar-refractivity contribution < 1.29 is 4.79 Å². The Hall–Kier alpha value is -2.13. The summed E-state index contributed by atoms with van der Waals surface area (Å²) in [5, 5.41) is 6.28. The molecule has 3 nitrogen and oxygen atoms in total. The largest absolute Gasteiger partial charge is 0.352 e. The molecule has 108 valence electrons. The number of carbonyl (C=O) groups is 1. The molecule has 0 fully saturated rings. The van der Waals surface area contributed by atoms with E-state index in [1.54, 1.807) is 0 Å². The first-order valence-corrected chi connectivity index (χ1v) is 7.34. The Balaban J connectivity index is 2.04. The Morgan fingerprint density at radius 1 is 1.19 bits per heavy atom. The Morgan fingerprint density at radius 2 is 2.00 bits per heavy atom. The molecule has 1 aliphatic heterocycles. The number of hydrogen-bond donors (Lipinski definition) is 2. The van der Waals surface area contributed by atoms with Gasteiger partial charge in [-0.05, 0) is 48.7 Å². The number of rotatable bonds is 3. The first kappa shape index (κ1) is 13.8. The van der Waals surface area contributed by atoms with Crippen molar-refractivity contribution in [2.24, 2.45) is 0 Å². The van der Waals surface area contributed by atoms with Gasteiger partial charge in [0.05, 0.1) is 6.04 Å². The lowest BCUT2D eigenvalue weighted by molar-refractivity contribution is 0.0946. The summed E-state index contributed by atoms with van der Waals surface area (Å²) in [4.78, 5) is 12.0. The molecule has 1 amide bonds. The smallest absolute Gasteiger partial charge is 0.251 e. The quantitative estimate of drug-likeness (QED) is 0.907. The van der Waals surface area contributed by atoms with Gasteiger partial charge in [0, 0.05) is 12.1 Å². The van der Waals surface area contributed by atoms with Crippen LogP contribution in [0.2, 0.25) is 0 Å². The average Bonchev–Trinajstić information content (AvgIpc) is 2.51. The molecule has 1 unspecified atom stereocenters. The van der Waals surface area contributed by atoms with E-state index in [-0.39, 0.29) is 11.9 Å². The van der Waals surface area contributed by atoms with Gasteiger partial charge in [-0.25, -0.2) is 0 Å². The topological polar surface area (TPSA) is 41.1 Å². The van der Waals surface area contributed by atoms with Crippen LogP contribution in [-0.4, -0.2) is 19.5 Å². The maximum atomic E-state index is 12.0. The summed E-state index contributed by atoms with van der Waals surface area (Å²) in [6, 6.07) is 14.7. The highest BCUT2D eigenvalue weighted by atomic mass is 16.1. The number of fused-ring (bicyclic) bond motifs is 1. The zero-order valence-corrected chi connectivity index (χ0v) is 12.4. The molecule has 0 bridgehead atoms. The van der Waals surface area contributed by atoms with Crippen LogP contribution in [0.5, 0.6) is 0 Å². The highest BCUT2D eigenvalue weighted by Gasteiger charge is 2.20. The molecular weight excluding hydrogens is 260 g/mol. The van der Waals surface area contributed by atoms with Crippen LogP contribution in [0.4, 0.5) is 0 Å². The molecule has 1 aliphatic rings. The van der Waals surface area contributed by atoms with Crippen LogP contribution >= 0.6 is 0 Å². The molecule has 1 heterocycles. The summed E-state index contributed by atoms with van der Waals surface area (Å²) in [6.07, 6.45) is 0.913. The van der Waals surface area contributed by atoms with Gasteiger partial charge in [0.2, 0.25) is 0 Å². The third kappa shape index (κ3) is 2.57. The SMILES string of the molecule is CNC(c1ccc2c(c1)C(=O)NCC2)c1ccccc1C. The molecule has 1 atom stereocenters. The van der Waals surface area contributed by atoms with Crippen LogP contribution in [0.15, 0.2) is 42.5 Å². The molecule has 2 aromatic carbocycles. The Bertz CT molecular complexity index is 679. The van der Waals surface area contributed by atoms with E-state index in [2.05, 4.69) is 47.9 Å². The second-order valence-corrected chi connectivity index (χ2v) is 5.50. The van der Waals surface area contributed by atoms with Crippen LogP contribution in [0, 0.1) is 6.92 Å². The van der Waals surface area contributed by atoms with Crippen molar-refractivity contribution in [2.75, 3.05) is 13.6 Å². The van der Waals surface area contributed by atoms with Gasteiger partial charge in [-0.1, -0.05) is 36.4 Å². The van der Waals surface area contributed by atoms with E-state index in [0.29, 0.717) is 0 Å². The average molecular weight is 280 g/mol. The van der Waals surface area contributed by atoms with Crippen LogP contribution in [0.1, 0.15) is 38.7 Å². The van der Waals surface area contributed by atoms with Gasteiger partial charge in [-0.2, -0.15) is 0 Å². The van der Waals surface area contributed by atoms with E-state index in [4.69, 9.17) is 0 Å². The fraction of sp³-hybridized carbons (Fsp3) is 0.278. The van der Waals surface area contributed by atoms with Gasteiger partial charge >= 0.3 is 0 Å². The Kier molecular flexibility index (Phi) is 3.76. The number of hydrogen-bond acceptors (Lipinski definition) is 2. The highest BCUT2D eigenvalue weighted by molar-refractivity contribution is 5.96. The minimum Gasteiger partial charge on any atom is -0.352 e. The molecular formula is C18H20N2O. The minimum absolute atomic E-state index is 0.0396. The normalized spacial score (nSPS) is 15.2. The maximum Gasteiger partial charge on any atom is 0.251 e. The Morgan fingerprint density at radius 3 is 2.76 bits per heavy atom. The summed E-state index contributed by atoms with van der Waals surface area (Å²) >= 11 is 0. The summed E-state index contributed by atoms with van der Waals surface area (Å²) in [6.45, 7) is 2.85. The third-order valence-corrected chi connectivity index (χ3v) is 4.18. The lowest BCUT2D eigenvalue weighted by Gasteiger charge is -2.22. The molecule has 3 rings (SSSR count). The third-order valence-electron chi connectivity index (χ3n) is 4.18. The fourth-order valence-electron chi connectivity index (χ4n) is 3.02. The van der Waals surface area contributed by atoms with E-state index in [9.17, 15) is 4.79 Å². The molecule has 0 saturated heterocycles. The summed E-state index contributed by atoms with van der Waals surface area (Å²) in [7, 11) is 1.95. The summed E-state index contributed by atoms with van der Waals surface area (Å²) in [5.41, 5.74) is 5.58. The number of aryl methyl sites for hydroxylation is 1. The number of carbonyl (C=O) groups excluding carboxylic acids is 1. The van der Waals surface area contributed by atoms with Gasteiger partial charge < -0.3 is 10.6 Å². The minimum atomic E-state index is 0.0396. The van der Waals surface area contributed by atoms with Gasteiger partial charge in [-0.3, -0.25) is 4.79 Å². The van der Waals surface area contributed by atoms with E-state index < -0.39 is 0 Å². The lowest BCUT2D eigenvalue weighted by atomic mass is 9.91. The van der Waals surface area contributed by atoms with Crippen molar-refractivity contribution >= 4 is 5.91 Å². The zero-order chi connectivity index (χ0) is 14.8. The molecule has 21 heavy (non-hydrogen) atoms. The molecule has 0 aliphatic carbocycles. The molecule has 3 heteroatoms. The molecule has 0 spiro atoms. The van der Waals surface area contributed by atoms with Crippen LogP contribution < -0.4 is 10.6 Å². The molecule has 2 N–H and O–H groups in total. The van der Waals surface area contributed by atoms with Crippen molar-refractivity contribution in [3.05, 3.63) is 70.3 Å². The number of benzene rings is 2. The predicted molar refractivity (Wildman–Crippen MR) is 84.6 cm³/mol. The van der Waals surface area contributed by atoms with Gasteiger partial charge in [0.25, 0.3) is 5.91 Å². The molecule has 0 aromatic heterocycles. The van der Waals surface area contributed by atoms with Crippen LogP contribution in [0.3, 0.4) is 0 Å². The first-order valence-electron chi connectivity index (χ1n) is 7.34. The van der Waals surface area contributed by atoms with E-state index in [1.807, 2.05) is 19.2 Å². The van der Waals surface area contributed by atoms with E-state index >= 15 is 0 Å². The van der Waals surface area contributed by atoms with Crippen molar-refractivity contribution in [3.63, 3.8) is 0 Å². The predicted octanol–water partition coefficient (Wildman–Crippen LogP) is 2.59. The van der Waals surface area contributed by atoms with Crippen LogP contribution in [0.25, 0.3) is 0 Å². The highest BCUT2D eigenvalue weighted by Crippen LogP contribution is 2.27. The second-order valence-electron chi connectivity index (χ2n) is 5.50. The van der Waals surface area contributed by atoms with Crippen molar-refractivity contribution in [2.45, 2.75) is 19.4 Å². The van der Waals surface area contributed by atoms with Crippen molar-refractivity contribution in [1.29, 1.82) is 0 Å². The first-order chi connectivity index (χ1) is 10.2. The molecule has 0 saturated carbocycles. The fourth-order valence-corrected chi connectivity index (χ4v) is 3.02. The van der Waals surface area contributed by atoms with Gasteiger partial charge in [0.1, 0.15) is 0 Å². The molecule has 0 radical (unpaired) electrons. The summed E-state index contributed by atoms with van der Waals surface area (Å²) in [5.74, 6) is 0.0396. The molecule has 2 aromatic rings. The van der Waals surface area contributed by atoms with Crippen molar-refractivity contribution in [1.82, 2.24) is 10.6 Å².